The first-order chi connectivity index (χ1) is 6.99. The summed E-state index contributed by atoms with van der Waals surface area (Å²) in [5, 5.41) is 3.51. The zero-order valence-corrected chi connectivity index (χ0v) is 9.11. The molecule has 1 saturated carbocycles. The Morgan fingerprint density at radius 2 is 1.87 bits per heavy atom. The van der Waals surface area contributed by atoms with E-state index in [0.717, 1.165) is 5.56 Å². The van der Waals surface area contributed by atoms with Gasteiger partial charge in [0.2, 0.25) is 0 Å². The summed E-state index contributed by atoms with van der Waals surface area (Å²) >= 11 is 6.01. The minimum absolute atomic E-state index is 0.180. The van der Waals surface area contributed by atoms with Gasteiger partial charge in [0.25, 0.3) is 5.92 Å². The number of hydrogen-bond donors (Lipinski definition) is 1. The normalized spacial score (nSPS) is 22.1. The minimum Gasteiger partial charge on any atom is -0.310 e. The number of benzene rings is 1. The van der Waals surface area contributed by atoms with Crippen molar-refractivity contribution in [3.05, 3.63) is 34.9 Å². The molecule has 0 bridgehead atoms. The number of rotatable bonds is 2. The van der Waals surface area contributed by atoms with E-state index in [0.29, 0.717) is 5.02 Å². The summed E-state index contributed by atoms with van der Waals surface area (Å²) < 4.78 is 25.9. The van der Waals surface area contributed by atoms with Gasteiger partial charge in [-0.25, -0.2) is 8.78 Å². The molecule has 0 aliphatic heterocycles. The van der Waals surface area contributed by atoms with Crippen molar-refractivity contribution >= 4 is 11.6 Å². The zero-order valence-electron chi connectivity index (χ0n) is 8.36. The van der Waals surface area contributed by atoms with E-state index >= 15 is 0 Å². The fraction of sp³-hybridized carbons (Fsp3) is 0.455. The Balaban J connectivity index is 2.34. The van der Waals surface area contributed by atoms with Crippen LogP contribution in [0.4, 0.5) is 8.78 Å². The van der Waals surface area contributed by atoms with Crippen LogP contribution in [0.15, 0.2) is 24.3 Å². The zero-order chi connectivity index (χ0) is 11.1. The summed E-state index contributed by atoms with van der Waals surface area (Å²) in [4.78, 5) is 0. The van der Waals surface area contributed by atoms with E-state index in [-0.39, 0.29) is 12.8 Å². The average Bonchev–Trinajstić information content (AvgIpc) is 2.14. The van der Waals surface area contributed by atoms with Crippen LogP contribution in [0, 0.1) is 0 Å². The van der Waals surface area contributed by atoms with Crippen molar-refractivity contribution in [1.82, 2.24) is 5.32 Å². The topological polar surface area (TPSA) is 12.0 Å². The van der Waals surface area contributed by atoms with Crippen LogP contribution in [0.2, 0.25) is 5.02 Å². The molecule has 1 fully saturated rings. The SMILES string of the molecule is CNC1(c2ccccc2Cl)CC(F)(F)C1. The van der Waals surface area contributed by atoms with Crippen LogP contribution in [0.1, 0.15) is 18.4 Å². The van der Waals surface area contributed by atoms with E-state index in [9.17, 15) is 8.78 Å². The number of hydrogen-bond acceptors (Lipinski definition) is 1. The molecule has 1 aromatic rings. The Kier molecular flexibility index (Phi) is 2.47. The lowest BCUT2D eigenvalue weighted by atomic mass is 9.69. The molecule has 0 spiro atoms. The van der Waals surface area contributed by atoms with Gasteiger partial charge in [-0.05, 0) is 18.7 Å². The van der Waals surface area contributed by atoms with Crippen molar-refractivity contribution < 1.29 is 8.78 Å². The highest BCUT2D eigenvalue weighted by molar-refractivity contribution is 6.31. The predicted octanol–water partition coefficient (Wildman–Crippen LogP) is 3.18. The van der Waals surface area contributed by atoms with Gasteiger partial charge in [0, 0.05) is 17.9 Å². The maximum Gasteiger partial charge on any atom is 0.252 e. The maximum absolute atomic E-state index is 13.0. The second-order valence-corrected chi connectivity index (χ2v) is 4.43. The molecule has 2 rings (SSSR count). The lowest BCUT2D eigenvalue weighted by Gasteiger charge is -2.48. The standard InChI is InChI=1S/C11H12ClF2N/c1-15-10(6-11(13,14)7-10)8-4-2-3-5-9(8)12/h2-5,15H,6-7H2,1H3. The van der Waals surface area contributed by atoms with Gasteiger partial charge in [0.15, 0.2) is 0 Å². The van der Waals surface area contributed by atoms with Crippen LogP contribution >= 0.6 is 11.6 Å². The van der Waals surface area contributed by atoms with E-state index in [1.54, 1.807) is 25.2 Å². The smallest absolute Gasteiger partial charge is 0.252 e. The highest BCUT2D eigenvalue weighted by atomic mass is 35.5. The second kappa shape index (κ2) is 3.42. The Morgan fingerprint density at radius 1 is 1.27 bits per heavy atom. The monoisotopic (exact) mass is 231 g/mol. The minimum atomic E-state index is -2.57. The molecular weight excluding hydrogens is 220 g/mol. The summed E-state index contributed by atoms with van der Waals surface area (Å²) in [6.07, 6.45) is -0.361. The van der Waals surface area contributed by atoms with Gasteiger partial charge in [0.1, 0.15) is 0 Å². The predicted molar refractivity (Wildman–Crippen MR) is 56.4 cm³/mol. The van der Waals surface area contributed by atoms with Gasteiger partial charge in [0.05, 0.1) is 5.54 Å². The summed E-state index contributed by atoms with van der Waals surface area (Å²) in [5.74, 6) is -2.57. The van der Waals surface area contributed by atoms with Crippen molar-refractivity contribution in [3.63, 3.8) is 0 Å². The van der Waals surface area contributed by atoms with Crippen molar-refractivity contribution in [1.29, 1.82) is 0 Å². The molecular formula is C11H12ClF2N. The molecule has 0 radical (unpaired) electrons. The van der Waals surface area contributed by atoms with Crippen molar-refractivity contribution in [2.75, 3.05) is 7.05 Å². The highest BCUT2D eigenvalue weighted by Crippen LogP contribution is 2.52. The molecule has 0 saturated heterocycles. The lowest BCUT2D eigenvalue weighted by molar-refractivity contribution is -0.135. The van der Waals surface area contributed by atoms with Crippen molar-refractivity contribution in [2.45, 2.75) is 24.3 Å². The van der Waals surface area contributed by atoms with Crippen molar-refractivity contribution in [3.8, 4) is 0 Å². The summed E-state index contributed by atoms with van der Waals surface area (Å²) in [6, 6.07) is 7.14. The Hall–Kier alpha value is -0.670. The first-order valence-electron chi connectivity index (χ1n) is 4.81. The van der Waals surface area contributed by atoms with E-state index < -0.39 is 11.5 Å². The largest absolute Gasteiger partial charge is 0.310 e. The van der Waals surface area contributed by atoms with Crippen LogP contribution in [-0.2, 0) is 5.54 Å². The quantitative estimate of drug-likeness (QED) is 0.824. The third-order valence-corrected chi connectivity index (χ3v) is 3.32. The molecule has 0 atom stereocenters. The Morgan fingerprint density at radius 3 is 2.33 bits per heavy atom. The summed E-state index contributed by atoms with van der Waals surface area (Å²) in [7, 11) is 1.69. The maximum atomic E-state index is 13.0. The third-order valence-electron chi connectivity index (χ3n) is 2.99. The van der Waals surface area contributed by atoms with E-state index in [1.165, 1.54) is 0 Å². The van der Waals surface area contributed by atoms with E-state index in [4.69, 9.17) is 11.6 Å². The average molecular weight is 232 g/mol. The molecule has 0 unspecified atom stereocenters. The summed E-state index contributed by atoms with van der Waals surface area (Å²) in [6.45, 7) is 0. The molecule has 1 aliphatic carbocycles. The van der Waals surface area contributed by atoms with Gasteiger partial charge >= 0.3 is 0 Å². The molecule has 1 nitrogen and oxygen atoms in total. The van der Waals surface area contributed by atoms with E-state index in [2.05, 4.69) is 5.32 Å². The fourth-order valence-electron chi connectivity index (χ4n) is 2.18. The van der Waals surface area contributed by atoms with Gasteiger partial charge in [-0.2, -0.15) is 0 Å². The summed E-state index contributed by atoms with van der Waals surface area (Å²) in [5.41, 5.74) is 0.113. The molecule has 0 aromatic heterocycles. The fourth-order valence-corrected chi connectivity index (χ4v) is 2.50. The Labute approximate surface area is 92.4 Å². The van der Waals surface area contributed by atoms with Crippen LogP contribution in [-0.4, -0.2) is 13.0 Å². The number of nitrogens with one attached hydrogen (secondary N) is 1. The molecule has 15 heavy (non-hydrogen) atoms. The van der Waals surface area contributed by atoms with Crippen LogP contribution in [0.25, 0.3) is 0 Å². The molecule has 0 amide bonds. The Bertz CT molecular complexity index is 371. The first kappa shape index (κ1) is 10.8. The van der Waals surface area contributed by atoms with Gasteiger partial charge in [-0.3, -0.25) is 0 Å². The molecule has 82 valence electrons. The van der Waals surface area contributed by atoms with Crippen LogP contribution in [0.5, 0.6) is 0 Å². The molecule has 1 aromatic carbocycles. The van der Waals surface area contributed by atoms with Crippen molar-refractivity contribution in [2.24, 2.45) is 0 Å². The number of alkyl halides is 2. The second-order valence-electron chi connectivity index (χ2n) is 4.02. The van der Waals surface area contributed by atoms with Gasteiger partial charge < -0.3 is 5.32 Å². The lowest BCUT2D eigenvalue weighted by Crippen LogP contribution is -2.57. The van der Waals surface area contributed by atoms with Crippen LogP contribution < -0.4 is 5.32 Å². The highest BCUT2D eigenvalue weighted by Gasteiger charge is 2.57. The molecule has 4 heteroatoms. The van der Waals surface area contributed by atoms with Crippen LogP contribution in [0.3, 0.4) is 0 Å². The first-order valence-corrected chi connectivity index (χ1v) is 5.19. The number of halogens is 3. The molecule has 0 heterocycles. The third kappa shape index (κ3) is 1.74. The molecule has 1 aliphatic rings. The van der Waals surface area contributed by atoms with Gasteiger partial charge in [-0.1, -0.05) is 29.8 Å². The van der Waals surface area contributed by atoms with Gasteiger partial charge in [-0.15, -0.1) is 0 Å². The van der Waals surface area contributed by atoms with E-state index in [1.807, 2.05) is 6.07 Å². The molecule has 1 N–H and O–H groups in total.